The summed E-state index contributed by atoms with van der Waals surface area (Å²) < 4.78 is 5.40. The molecule has 0 fully saturated rings. The summed E-state index contributed by atoms with van der Waals surface area (Å²) in [5.41, 5.74) is 5.59. The van der Waals surface area contributed by atoms with Gasteiger partial charge in [0.25, 0.3) is 0 Å². The van der Waals surface area contributed by atoms with Crippen molar-refractivity contribution in [1.82, 2.24) is 0 Å². The molecule has 1 aliphatic rings. The molecule has 0 radical (unpaired) electrons. The molecule has 1 aliphatic heterocycles. The minimum absolute atomic E-state index is 0.280. The molecule has 1 heterocycles. The minimum Gasteiger partial charge on any atom is -0.402 e. The van der Waals surface area contributed by atoms with Gasteiger partial charge in [-0.15, -0.1) is 0 Å². The largest absolute Gasteiger partial charge is 0.402 e. The molecular weight excluding hydrogens is 442 g/mol. The summed E-state index contributed by atoms with van der Waals surface area (Å²) in [4.78, 5) is 16.7. The second-order valence-corrected chi connectivity index (χ2v) is 9.12. The smallest absolute Gasteiger partial charge is 0.363 e. The first kappa shape index (κ1) is 24.0. The topological polar surface area (TPSA) is 38.7 Å². The number of unbranched alkanes of at least 4 members (excludes halogenated alkanes) is 5. The molecule has 3 nitrogen and oxygen atoms in total. The van der Waals surface area contributed by atoms with E-state index in [-0.39, 0.29) is 5.70 Å². The summed E-state index contributed by atoms with van der Waals surface area (Å²) in [5, 5.41) is 0.646. The van der Waals surface area contributed by atoms with Crippen LogP contribution in [0, 0.1) is 0 Å². The highest BCUT2D eigenvalue weighted by molar-refractivity contribution is 6.30. The Hall–Kier alpha value is -3.17. The van der Waals surface area contributed by atoms with E-state index in [1.54, 1.807) is 18.2 Å². The maximum Gasteiger partial charge on any atom is 0.363 e. The van der Waals surface area contributed by atoms with E-state index in [1.807, 2.05) is 36.4 Å². The lowest BCUT2D eigenvalue weighted by atomic mass is 10.00. The average Bonchev–Trinajstić information content (AvgIpc) is 3.23. The highest BCUT2D eigenvalue weighted by atomic mass is 35.5. The highest BCUT2D eigenvalue weighted by Crippen LogP contribution is 2.24. The third-order valence-electron chi connectivity index (χ3n) is 6.03. The standard InChI is InChI=1S/C30H30ClNO2/c1-2-3-4-5-6-7-8-22-9-13-24(14-10-22)25-15-17-26(18-16-25)29-32-28(30(33)34-29)21-23-11-19-27(31)20-12-23/h9-21H,2-8H2,1H3/b28-21-. The molecule has 4 heteroatoms. The molecule has 0 N–H and O–H groups in total. The normalized spacial score (nSPS) is 14.4. The number of cyclic esters (lactones) is 1. The van der Waals surface area contributed by atoms with Gasteiger partial charge < -0.3 is 4.74 Å². The van der Waals surface area contributed by atoms with Crippen molar-refractivity contribution in [2.75, 3.05) is 0 Å². The van der Waals surface area contributed by atoms with Crippen molar-refractivity contribution in [3.05, 3.63) is 100 Å². The third-order valence-corrected chi connectivity index (χ3v) is 6.28. The predicted molar refractivity (Wildman–Crippen MR) is 141 cm³/mol. The van der Waals surface area contributed by atoms with Crippen molar-refractivity contribution < 1.29 is 9.53 Å². The third kappa shape index (κ3) is 6.45. The van der Waals surface area contributed by atoms with E-state index >= 15 is 0 Å². The fraction of sp³-hybridized carbons (Fsp3) is 0.267. The molecule has 0 bridgehead atoms. The Kier molecular flexibility index (Phi) is 8.32. The van der Waals surface area contributed by atoms with Gasteiger partial charge in [0.2, 0.25) is 5.90 Å². The Balaban J connectivity index is 1.37. The molecule has 0 saturated carbocycles. The molecule has 0 unspecified atom stereocenters. The number of esters is 1. The van der Waals surface area contributed by atoms with Gasteiger partial charge in [-0.05, 0) is 65.4 Å². The maximum atomic E-state index is 12.3. The van der Waals surface area contributed by atoms with Crippen molar-refractivity contribution in [2.45, 2.75) is 51.9 Å². The van der Waals surface area contributed by atoms with Crippen LogP contribution in [0.15, 0.2) is 83.5 Å². The van der Waals surface area contributed by atoms with Crippen molar-refractivity contribution in [1.29, 1.82) is 0 Å². The number of aryl methyl sites for hydroxylation is 1. The molecule has 174 valence electrons. The summed E-state index contributed by atoms with van der Waals surface area (Å²) >= 11 is 5.92. The Morgan fingerprint density at radius 1 is 0.765 bits per heavy atom. The summed E-state index contributed by atoms with van der Waals surface area (Å²) in [5.74, 6) is -0.124. The van der Waals surface area contributed by atoms with Crippen molar-refractivity contribution in [2.24, 2.45) is 4.99 Å². The van der Waals surface area contributed by atoms with Gasteiger partial charge in [0, 0.05) is 10.6 Å². The Labute approximate surface area is 207 Å². The highest BCUT2D eigenvalue weighted by Gasteiger charge is 2.24. The number of hydrogen-bond donors (Lipinski definition) is 0. The fourth-order valence-corrected chi connectivity index (χ4v) is 4.15. The number of rotatable bonds is 10. The zero-order valence-electron chi connectivity index (χ0n) is 19.6. The molecule has 4 rings (SSSR count). The zero-order valence-corrected chi connectivity index (χ0v) is 20.4. The SMILES string of the molecule is CCCCCCCCc1ccc(-c2ccc(C3=N/C(=C\c4ccc(Cl)cc4)C(=O)O3)cc2)cc1. The first-order chi connectivity index (χ1) is 16.6. The lowest BCUT2D eigenvalue weighted by molar-refractivity contribution is -0.129. The van der Waals surface area contributed by atoms with Gasteiger partial charge in [-0.25, -0.2) is 9.79 Å². The summed E-state index contributed by atoms with van der Waals surface area (Å²) in [7, 11) is 0. The van der Waals surface area contributed by atoms with Crippen LogP contribution in [0.3, 0.4) is 0 Å². The van der Waals surface area contributed by atoms with E-state index in [0.29, 0.717) is 10.9 Å². The van der Waals surface area contributed by atoms with Gasteiger partial charge >= 0.3 is 5.97 Å². The van der Waals surface area contributed by atoms with Crippen molar-refractivity contribution in [3.63, 3.8) is 0 Å². The van der Waals surface area contributed by atoms with Gasteiger partial charge in [0.05, 0.1) is 0 Å². The molecule has 3 aromatic carbocycles. The van der Waals surface area contributed by atoms with E-state index in [0.717, 1.165) is 23.1 Å². The van der Waals surface area contributed by atoms with Crippen LogP contribution in [0.25, 0.3) is 17.2 Å². The van der Waals surface area contributed by atoms with Crippen LogP contribution >= 0.6 is 11.6 Å². The van der Waals surface area contributed by atoms with Crippen LogP contribution in [0.5, 0.6) is 0 Å². The van der Waals surface area contributed by atoms with E-state index < -0.39 is 5.97 Å². The van der Waals surface area contributed by atoms with Gasteiger partial charge in [0.1, 0.15) is 0 Å². The van der Waals surface area contributed by atoms with Gasteiger partial charge in [-0.3, -0.25) is 0 Å². The summed E-state index contributed by atoms with van der Waals surface area (Å²) in [6.45, 7) is 2.25. The molecule has 0 aliphatic carbocycles. The minimum atomic E-state index is -0.449. The number of carbonyl (C=O) groups excluding carboxylic acids is 1. The Morgan fingerprint density at radius 3 is 2.03 bits per heavy atom. The predicted octanol–water partition coefficient (Wildman–Crippen LogP) is 8.25. The molecule has 0 saturated heterocycles. The van der Waals surface area contributed by atoms with Crippen LogP contribution in [-0.2, 0) is 16.0 Å². The lowest BCUT2D eigenvalue weighted by Gasteiger charge is -2.06. The van der Waals surface area contributed by atoms with Gasteiger partial charge in [0.15, 0.2) is 5.70 Å². The quantitative estimate of drug-likeness (QED) is 0.169. The van der Waals surface area contributed by atoms with E-state index in [9.17, 15) is 4.79 Å². The van der Waals surface area contributed by atoms with Crippen molar-refractivity contribution in [3.8, 4) is 11.1 Å². The first-order valence-corrected chi connectivity index (χ1v) is 12.5. The molecule has 34 heavy (non-hydrogen) atoms. The molecule has 0 atom stereocenters. The Morgan fingerprint density at radius 2 is 1.35 bits per heavy atom. The van der Waals surface area contributed by atoms with Crippen LogP contribution in [0.4, 0.5) is 0 Å². The number of ether oxygens (including phenoxy) is 1. The number of benzene rings is 3. The lowest BCUT2D eigenvalue weighted by Crippen LogP contribution is -2.05. The molecular formula is C30H30ClNO2. The van der Waals surface area contributed by atoms with E-state index in [1.165, 1.54) is 49.7 Å². The van der Waals surface area contributed by atoms with E-state index in [2.05, 4.69) is 36.2 Å². The number of hydrogen-bond acceptors (Lipinski definition) is 3. The molecule has 0 amide bonds. The first-order valence-electron chi connectivity index (χ1n) is 12.1. The summed E-state index contributed by atoms with van der Waals surface area (Å²) in [6, 6.07) is 24.0. The average molecular weight is 472 g/mol. The van der Waals surface area contributed by atoms with E-state index in [4.69, 9.17) is 16.3 Å². The second kappa shape index (κ2) is 11.8. The zero-order chi connectivity index (χ0) is 23.8. The van der Waals surface area contributed by atoms with Gasteiger partial charge in [-0.2, -0.15) is 0 Å². The maximum absolute atomic E-state index is 12.3. The van der Waals surface area contributed by atoms with Gasteiger partial charge in [-0.1, -0.05) is 99.2 Å². The molecule has 0 aromatic heterocycles. The number of nitrogens with zero attached hydrogens (tertiary/aromatic N) is 1. The molecule has 0 spiro atoms. The van der Waals surface area contributed by atoms with Crippen LogP contribution < -0.4 is 0 Å². The number of halogens is 1. The Bertz CT molecular complexity index is 1160. The monoisotopic (exact) mass is 471 g/mol. The number of carbonyl (C=O) groups is 1. The number of aliphatic imine (C=N–C) groups is 1. The summed E-state index contributed by atoms with van der Waals surface area (Å²) in [6.07, 6.45) is 10.8. The second-order valence-electron chi connectivity index (χ2n) is 8.68. The van der Waals surface area contributed by atoms with Crippen LogP contribution in [-0.4, -0.2) is 11.9 Å². The van der Waals surface area contributed by atoms with Crippen molar-refractivity contribution >= 4 is 29.5 Å². The fourth-order valence-electron chi connectivity index (χ4n) is 4.03. The van der Waals surface area contributed by atoms with Crippen LogP contribution in [0.1, 0.15) is 62.1 Å². The molecule has 3 aromatic rings. The van der Waals surface area contributed by atoms with Crippen LogP contribution in [0.2, 0.25) is 5.02 Å².